The molecular formula is C14H19NO3. The quantitative estimate of drug-likeness (QED) is 0.757. The van der Waals surface area contributed by atoms with E-state index in [1.807, 2.05) is 18.2 Å². The van der Waals surface area contributed by atoms with Crippen molar-refractivity contribution in [1.82, 2.24) is 4.90 Å². The van der Waals surface area contributed by atoms with Crippen LogP contribution in [0.5, 0.6) is 0 Å². The Morgan fingerprint density at radius 1 is 1.44 bits per heavy atom. The highest BCUT2D eigenvalue weighted by Crippen LogP contribution is 2.10. The zero-order chi connectivity index (χ0) is 12.8. The van der Waals surface area contributed by atoms with Crippen LogP contribution in [-0.4, -0.2) is 43.3 Å². The Balaban J connectivity index is 1.81. The molecule has 4 nitrogen and oxygen atoms in total. The van der Waals surface area contributed by atoms with Gasteiger partial charge in [-0.1, -0.05) is 30.3 Å². The van der Waals surface area contributed by atoms with Crippen molar-refractivity contribution in [2.24, 2.45) is 0 Å². The van der Waals surface area contributed by atoms with Crippen LogP contribution in [0.3, 0.4) is 0 Å². The number of esters is 1. The molecule has 1 aromatic carbocycles. The number of ether oxygens (including phenoxy) is 2. The van der Waals surface area contributed by atoms with Crippen molar-refractivity contribution >= 4 is 5.97 Å². The van der Waals surface area contributed by atoms with E-state index < -0.39 is 0 Å². The lowest BCUT2D eigenvalue weighted by Gasteiger charge is -2.32. The standard InChI is InChI=1S/C14H19NO3/c1-12(16)18-11-14-10-15(7-8-17-14)9-13-5-3-2-4-6-13/h2-6,14H,7-11H2,1H3/t14-/m0/s1. The molecule has 2 rings (SSSR count). The van der Waals surface area contributed by atoms with E-state index in [9.17, 15) is 4.79 Å². The lowest BCUT2D eigenvalue weighted by Crippen LogP contribution is -2.44. The van der Waals surface area contributed by atoms with Gasteiger partial charge in [-0.25, -0.2) is 0 Å². The van der Waals surface area contributed by atoms with E-state index in [4.69, 9.17) is 9.47 Å². The van der Waals surface area contributed by atoms with Crippen molar-refractivity contribution in [1.29, 1.82) is 0 Å². The molecule has 1 atom stereocenters. The summed E-state index contributed by atoms with van der Waals surface area (Å²) < 4.78 is 10.6. The number of carbonyl (C=O) groups excluding carboxylic acids is 1. The predicted molar refractivity (Wildman–Crippen MR) is 68.1 cm³/mol. The summed E-state index contributed by atoms with van der Waals surface area (Å²) >= 11 is 0. The molecule has 0 saturated carbocycles. The molecule has 0 spiro atoms. The van der Waals surface area contributed by atoms with Gasteiger partial charge < -0.3 is 9.47 Å². The van der Waals surface area contributed by atoms with Gasteiger partial charge in [0.1, 0.15) is 12.7 Å². The second-order valence-electron chi connectivity index (χ2n) is 4.52. The summed E-state index contributed by atoms with van der Waals surface area (Å²) in [5.41, 5.74) is 1.30. The number of hydrogen-bond donors (Lipinski definition) is 0. The molecular weight excluding hydrogens is 230 g/mol. The minimum atomic E-state index is -0.251. The van der Waals surface area contributed by atoms with Crippen LogP contribution in [0.4, 0.5) is 0 Å². The third-order valence-corrected chi connectivity index (χ3v) is 2.94. The van der Waals surface area contributed by atoms with Crippen LogP contribution < -0.4 is 0 Å². The van der Waals surface area contributed by atoms with Crippen LogP contribution >= 0.6 is 0 Å². The molecule has 1 heterocycles. The lowest BCUT2D eigenvalue weighted by molar-refractivity contribution is -0.148. The molecule has 1 saturated heterocycles. The highest BCUT2D eigenvalue weighted by Gasteiger charge is 2.21. The minimum absolute atomic E-state index is 0.00800. The van der Waals surface area contributed by atoms with Crippen molar-refractivity contribution in [3.8, 4) is 0 Å². The largest absolute Gasteiger partial charge is 0.463 e. The molecule has 1 aliphatic rings. The fourth-order valence-electron chi connectivity index (χ4n) is 2.08. The van der Waals surface area contributed by atoms with E-state index in [-0.39, 0.29) is 12.1 Å². The predicted octanol–water partition coefficient (Wildman–Crippen LogP) is 1.45. The zero-order valence-electron chi connectivity index (χ0n) is 10.7. The van der Waals surface area contributed by atoms with Crippen LogP contribution in [0, 0.1) is 0 Å². The molecule has 1 aromatic rings. The van der Waals surface area contributed by atoms with Gasteiger partial charge in [0.2, 0.25) is 0 Å². The van der Waals surface area contributed by atoms with Crippen molar-refractivity contribution in [2.45, 2.75) is 19.6 Å². The van der Waals surface area contributed by atoms with E-state index in [0.29, 0.717) is 13.2 Å². The normalized spacial score (nSPS) is 20.6. The summed E-state index contributed by atoms with van der Waals surface area (Å²) in [7, 11) is 0. The smallest absolute Gasteiger partial charge is 0.302 e. The Hall–Kier alpha value is -1.39. The Morgan fingerprint density at radius 2 is 2.22 bits per heavy atom. The fraction of sp³-hybridized carbons (Fsp3) is 0.500. The van der Waals surface area contributed by atoms with Gasteiger partial charge in [-0.05, 0) is 5.56 Å². The lowest BCUT2D eigenvalue weighted by atomic mass is 10.2. The van der Waals surface area contributed by atoms with E-state index in [1.54, 1.807) is 0 Å². The Kier molecular flexibility index (Phi) is 4.73. The average molecular weight is 249 g/mol. The van der Waals surface area contributed by atoms with E-state index in [2.05, 4.69) is 17.0 Å². The third-order valence-electron chi connectivity index (χ3n) is 2.94. The van der Waals surface area contributed by atoms with Crippen molar-refractivity contribution in [2.75, 3.05) is 26.3 Å². The third kappa shape index (κ3) is 4.13. The Morgan fingerprint density at radius 3 is 2.94 bits per heavy atom. The second kappa shape index (κ2) is 6.52. The molecule has 0 amide bonds. The maximum absolute atomic E-state index is 10.8. The summed E-state index contributed by atoms with van der Waals surface area (Å²) in [6, 6.07) is 10.4. The number of rotatable bonds is 4. The SMILES string of the molecule is CC(=O)OC[C@@H]1CN(Cc2ccccc2)CCO1. The van der Waals surface area contributed by atoms with Crippen LogP contribution in [0.1, 0.15) is 12.5 Å². The molecule has 1 fully saturated rings. The Bertz CT molecular complexity index is 380. The van der Waals surface area contributed by atoms with Gasteiger partial charge in [-0.2, -0.15) is 0 Å². The number of hydrogen-bond acceptors (Lipinski definition) is 4. The molecule has 0 aromatic heterocycles. The first-order valence-electron chi connectivity index (χ1n) is 6.25. The monoisotopic (exact) mass is 249 g/mol. The molecule has 4 heteroatoms. The zero-order valence-corrected chi connectivity index (χ0v) is 10.7. The van der Waals surface area contributed by atoms with Gasteiger partial charge in [-0.3, -0.25) is 9.69 Å². The summed E-state index contributed by atoms with van der Waals surface area (Å²) in [4.78, 5) is 13.1. The molecule has 98 valence electrons. The number of carbonyl (C=O) groups is 1. The van der Waals surface area contributed by atoms with Crippen LogP contribution in [0.25, 0.3) is 0 Å². The summed E-state index contributed by atoms with van der Waals surface area (Å²) in [5.74, 6) is -0.251. The van der Waals surface area contributed by atoms with Crippen molar-refractivity contribution in [3.05, 3.63) is 35.9 Å². The van der Waals surface area contributed by atoms with E-state index in [1.165, 1.54) is 12.5 Å². The molecule has 0 bridgehead atoms. The van der Waals surface area contributed by atoms with Crippen molar-refractivity contribution in [3.63, 3.8) is 0 Å². The van der Waals surface area contributed by atoms with Gasteiger partial charge in [0.15, 0.2) is 0 Å². The molecule has 0 N–H and O–H groups in total. The van der Waals surface area contributed by atoms with Crippen LogP contribution in [-0.2, 0) is 20.8 Å². The maximum Gasteiger partial charge on any atom is 0.302 e. The van der Waals surface area contributed by atoms with Crippen LogP contribution in [0.15, 0.2) is 30.3 Å². The first-order valence-corrected chi connectivity index (χ1v) is 6.25. The maximum atomic E-state index is 10.8. The topological polar surface area (TPSA) is 38.8 Å². The molecule has 0 aliphatic carbocycles. The summed E-state index contributed by atoms with van der Waals surface area (Å²) in [6.45, 7) is 5.11. The summed E-state index contributed by atoms with van der Waals surface area (Å²) in [5, 5.41) is 0. The van der Waals surface area contributed by atoms with Gasteiger partial charge in [0.25, 0.3) is 0 Å². The first kappa shape index (κ1) is 13.1. The molecule has 18 heavy (non-hydrogen) atoms. The minimum Gasteiger partial charge on any atom is -0.463 e. The fourth-order valence-corrected chi connectivity index (χ4v) is 2.08. The van der Waals surface area contributed by atoms with Gasteiger partial charge >= 0.3 is 5.97 Å². The molecule has 0 unspecified atom stereocenters. The second-order valence-corrected chi connectivity index (χ2v) is 4.52. The summed E-state index contributed by atoms with van der Waals surface area (Å²) in [6.07, 6.45) is -0.00800. The van der Waals surface area contributed by atoms with Crippen LogP contribution in [0.2, 0.25) is 0 Å². The highest BCUT2D eigenvalue weighted by molar-refractivity contribution is 5.65. The van der Waals surface area contributed by atoms with Gasteiger partial charge in [0, 0.05) is 26.6 Å². The highest BCUT2D eigenvalue weighted by atomic mass is 16.6. The van der Waals surface area contributed by atoms with E-state index in [0.717, 1.165) is 19.6 Å². The molecule has 1 aliphatic heterocycles. The number of morpholine rings is 1. The van der Waals surface area contributed by atoms with Crippen molar-refractivity contribution < 1.29 is 14.3 Å². The average Bonchev–Trinajstić information content (AvgIpc) is 2.38. The Labute approximate surface area is 107 Å². The molecule has 0 radical (unpaired) electrons. The van der Waals surface area contributed by atoms with Gasteiger partial charge in [0.05, 0.1) is 6.61 Å². The number of benzene rings is 1. The first-order chi connectivity index (χ1) is 8.74. The van der Waals surface area contributed by atoms with Gasteiger partial charge in [-0.15, -0.1) is 0 Å². The van der Waals surface area contributed by atoms with E-state index >= 15 is 0 Å². The number of nitrogens with zero attached hydrogens (tertiary/aromatic N) is 1.